The van der Waals surface area contributed by atoms with E-state index in [2.05, 4.69) is 4.98 Å². The van der Waals surface area contributed by atoms with Gasteiger partial charge in [0.25, 0.3) is 0 Å². The number of aromatic nitrogens is 1. The van der Waals surface area contributed by atoms with Gasteiger partial charge in [0.15, 0.2) is 0 Å². The molecule has 0 aromatic carbocycles. The van der Waals surface area contributed by atoms with Crippen molar-refractivity contribution < 1.29 is 14.6 Å². The molecule has 0 saturated heterocycles. The number of aliphatic hydroxyl groups is 1. The van der Waals surface area contributed by atoms with Crippen LogP contribution in [0.25, 0.3) is 0 Å². The fourth-order valence-electron chi connectivity index (χ4n) is 2.45. The number of nitrogens with zero attached hydrogens (tertiary/aromatic N) is 1. The van der Waals surface area contributed by atoms with Gasteiger partial charge in [0.1, 0.15) is 0 Å². The highest BCUT2D eigenvalue weighted by Gasteiger charge is 2.36. The molecule has 2 rings (SSSR count). The third kappa shape index (κ3) is 4.21. The van der Waals surface area contributed by atoms with E-state index in [-0.39, 0.29) is 11.9 Å². The van der Waals surface area contributed by atoms with Crippen molar-refractivity contribution in [3.05, 3.63) is 24.5 Å². The monoisotopic (exact) mass is 295 g/mol. The number of pyridine rings is 1. The van der Waals surface area contributed by atoms with Gasteiger partial charge in [0, 0.05) is 23.0 Å². The predicted octanol–water partition coefficient (Wildman–Crippen LogP) is 2.66. The largest absolute Gasteiger partial charge is 0.466 e. The summed E-state index contributed by atoms with van der Waals surface area (Å²) in [5, 5.41) is 10.6. The van der Waals surface area contributed by atoms with E-state index in [4.69, 9.17) is 4.74 Å². The first-order valence-electron chi connectivity index (χ1n) is 7.05. The van der Waals surface area contributed by atoms with Gasteiger partial charge in [0.05, 0.1) is 18.1 Å². The minimum absolute atomic E-state index is 0.0406. The van der Waals surface area contributed by atoms with Crippen molar-refractivity contribution in [3.8, 4) is 0 Å². The number of hydrogen-bond donors (Lipinski definition) is 1. The molecule has 0 spiro atoms. The first-order chi connectivity index (χ1) is 9.63. The quantitative estimate of drug-likeness (QED) is 0.668. The molecule has 1 aromatic heterocycles. The van der Waals surface area contributed by atoms with Crippen molar-refractivity contribution in [1.82, 2.24) is 4.98 Å². The van der Waals surface area contributed by atoms with E-state index >= 15 is 0 Å². The van der Waals surface area contributed by atoms with Crippen LogP contribution in [0.15, 0.2) is 29.4 Å². The van der Waals surface area contributed by atoms with Crippen molar-refractivity contribution in [3.63, 3.8) is 0 Å². The summed E-state index contributed by atoms with van der Waals surface area (Å²) in [5.41, 5.74) is -0.670. The fourth-order valence-corrected chi connectivity index (χ4v) is 3.49. The molecular formula is C15H21NO3S. The molecule has 0 atom stereocenters. The third-order valence-corrected chi connectivity index (χ3v) is 4.98. The lowest BCUT2D eigenvalue weighted by molar-refractivity contribution is -0.150. The van der Waals surface area contributed by atoms with Crippen molar-refractivity contribution in [2.45, 2.75) is 43.1 Å². The summed E-state index contributed by atoms with van der Waals surface area (Å²) in [6.45, 7) is 2.25. The maximum atomic E-state index is 11.7. The van der Waals surface area contributed by atoms with Crippen LogP contribution >= 0.6 is 11.8 Å². The molecule has 20 heavy (non-hydrogen) atoms. The van der Waals surface area contributed by atoms with E-state index < -0.39 is 5.60 Å². The zero-order valence-electron chi connectivity index (χ0n) is 11.7. The summed E-state index contributed by atoms with van der Waals surface area (Å²) in [6, 6.07) is 3.89. The normalized spacial score (nSPS) is 26.2. The van der Waals surface area contributed by atoms with Crippen LogP contribution in [-0.4, -0.2) is 34.0 Å². The average molecular weight is 295 g/mol. The molecule has 1 N–H and O–H groups in total. The minimum atomic E-state index is -0.670. The fraction of sp³-hybridized carbons (Fsp3) is 0.600. The second-order valence-electron chi connectivity index (χ2n) is 5.22. The van der Waals surface area contributed by atoms with E-state index in [1.807, 2.05) is 19.1 Å². The molecule has 0 bridgehead atoms. The van der Waals surface area contributed by atoms with Crippen LogP contribution in [0.1, 0.15) is 32.6 Å². The Morgan fingerprint density at radius 1 is 1.45 bits per heavy atom. The molecule has 4 nitrogen and oxygen atoms in total. The van der Waals surface area contributed by atoms with E-state index in [0.29, 0.717) is 38.0 Å². The maximum Gasteiger partial charge on any atom is 0.308 e. The first kappa shape index (κ1) is 15.3. The average Bonchev–Trinajstić information content (AvgIpc) is 2.47. The SMILES string of the molecule is CCOC(=O)C1CCC(O)(CSc2ccncc2)CC1. The molecule has 1 aliphatic carbocycles. The van der Waals surface area contributed by atoms with Gasteiger partial charge in [-0.2, -0.15) is 0 Å². The lowest BCUT2D eigenvalue weighted by Gasteiger charge is -2.34. The highest BCUT2D eigenvalue weighted by molar-refractivity contribution is 7.99. The van der Waals surface area contributed by atoms with Crippen LogP contribution in [0.2, 0.25) is 0 Å². The molecular weight excluding hydrogens is 274 g/mol. The number of thioether (sulfide) groups is 1. The van der Waals surface area contributed by atoms with E-state index in [0.717, 1.165) is 4.90 Å². The topological polar surface area (TPSA) is 59.4 Å². The van der Waals surface area contributed by atoms with Gasteiger partial charge in [-0.3, -0.25) is 9.78 Å². The number of rotatable bonds is 5. The molecule has 1 heterocycles. The molecule has 0 radical (unpaired) electrons. The Balaban J connectivity index is 1.81. The standard InChI is InChI=1S/C15H21NO3S/c1-2-19-14(17)12-3-7-15(18,8-4-12)11-20-13-5-9-16-10-6-13/h5-6,9-10,12,18H,2-4,7-8,11H2,1H3. The van der Waals surface area contributed by atoms with Crippen LogP contribution in [0.3, 0.4) is 0 Å². The van der Waals surface area contributed by atoms with Crippen molar-refractivity contribution in [2.24, 2.45) is 5.92 Å². The molecule has 110 valence electrons. The van der Waals surface area contributed by atoms with E-state index in [9.17, 15) is 9.90 Å². The van der Waals surface area contributed by atoms with E-state index in [1.54, 1.807) is 24.2 Å². The van der Waals surface area contributed by atoms with Crippen LogP contribution in [-0.2, 0) is 9.53 Å². The number of carbonyl (C=O) groups is 1. The van der Waals surface area contributed by atoms with Crippen LogP contribution in [0.5, 0.6) is 0 Å². The second-order valence-corrected chi connectivity index (χ2v) is 6.27. The Labute approximate surface area is 123 Å². The van der Waals surface area contributed by atoms with Gasteiger partial charge in [0.2, 0.25) is 0 Å². The summed E-state index contributed by atoms with van der Waals surface area (Å²) in [5.74, 6) is 0.504. The first-order valence-corrected chi connectivity index (χ1v) is 8.03. The molecule has 1 aliphatic rings. The highest BCUT2D eigenvalue weighted by atomic mass is 32.2. The van der Waals surface area contributed by atoms with Crippen LogP contribution in [0.4, 0.5) is 0 Å². The second kappa shape index (κ2) is 7.09. The van der Waals surface area contributed by atoms with Crippen molar-refractivity contribution in [1.29, 1.82) is 0 Å². The Morgan fingerprint density at radius 2 is 2.10 bits per heavy atom. The van der Waals surface area contributed by atoms with Crippen LogP contribution < -0.4 is 0 Å². The number of carbonyl (C=O) groups excluding carboxylic acids is 1. The smallest absolute Gasteiger partial charge is 0.308 e. The van der Waals surface area contributed by atoms with Crippen molar-refractivity contribution in [2.75, 3.05) is 12.4 Å². The number of ether oxygens (including phenoxy) is 1. The lowest BCUT2D eigenvalue weighted by Crippen LogP contribution is -2.38. The Kier molecular flexibility index (Phi) is 5.43. The molecule has 1 fully saturated rings. The summed E-state index contributed by atoms with van der Waals surface area (Å²) in [7, 11) is 0. The summed E-state index contributed by atoms with van der Waals surface area (Å²) >= 11 is 1.64. The van der Waals surface area contributed by atoms with E-state index in [1.165, 1.54) is 0 Å². The number of hydrogen-bond acceptors (Lipinski definition) is 5. The van der Waals surface area contributed by atoms with Gasteiger partial charge in [-0.05, 0) is 44.7 Å². The van der Waals surface area contributed by atoms with Gasteiger partial charge in [-0.1, -0.05) is 0 Å². The third-order valence-electron chi connectivity index (χ3n) is 3.69. The van der Waals surface area contributed by atoms with Gasteiger partial charge in [-0.25, -0.2) is 0 Å². The lowest BCUT2D eigenvalue weighted by atomic mass is 9.80. The molecule has 0 aliphatic heterocycles. The molecule has 1 aromatic rings. The highest BCUT2D eigenvalue weighted by Crippen LogP contribution is 2.36. The Hall–Kier alpha value is -1.07. The minimum Gasteiger partial charge on any atom is -0.466 e. The predicted molar refractivity (Wildman–Crippen MR) is 78.5 cm³/mol. The van der Waals surface area contributed by atoms with Gasteiger partial charge < -0.3 is 9.84 Å². The van der Waals surface area contributed by atoms with Crippen molar-refractivity contribution >= 4 is 17.7 Å². The summed E-state index contributed by atoms with van der Waals surface area (Å²) in [6.07, 6.45) is 6.26. The Morgan fingerprint density at radius 3 is 2.70 bits per heavy atom. The maximum absolute atomic E-state index is 11.7. The van der Waals surface area contributed by atoms with Gasteiger partial charge >= 0.3 is 5.97 Å². The Bertz CT molecular complexity index is 430. The summed E-state index contributed by atoms with van der Waals surface area (Å²) < 4.78 is 5.05. The summed E-state index contributed by atoms with van der Waals surface area (Å²) in [4.78, 5) is 16.8. The van der Waals surface area contributed by atoms with Crippen LogP contribution in [0, 0.1) is 5.92 Å². The zero-order valence-corrected chi connectivity index (χ0v) is 12.6. The molecule has 5 heteroatoms. The van der Waals surface area contributed by atoms with Gasteiger partial charge in [-0.15, -0.1) is 11.8 Å². The molecule has 1 saturated carbocycles. The number of esters is 1. The molecule has 0 unspecified atom stereocenters. The molecule has 0 amide bonds. The zero-order chi connectivity index (χ0) is 14.4.